The molecule has 0 heterocycles. The topological polar surface area (TPSA) is 94.5 Å². The lowest BCUT2D eigenvalue weighted by Gasteiger charge is -2.20. The molecule has 2 N–H and O–H groups in total. The number of carbonyl (C=O) groups is 1. The molecule has 0 aliphatic carbocycles. The molecule has 0 aromatic heterocycles. The SMILES string of the molecule is COC(=O)c1c(OC)c(-c2ccc(OCC=C(C)C)c(O)c2)cc(OC)c1-c1ccc(O)cc1. The van der Waals surface area contributed by atoms with Crippen LogP contribution >= 0.6 is 0 Å². The zero-order valence-electron chi connectivity index (χ0n) is 19.8. The molecule has 0 atom stereocenters. The van der Waals surface area contributed by atoms with Crippen LogP contribution in [0, 0.1) is 0 Å². The van der Waals surface area contributed by atoms with Gasteiger partial charge < -0.3 is 29.2 Å². The van der Waals surface area contributed by atoms with Crippen LogP contribution in [-0.4, -0.2) is 44.1 Å². The van der Waals surface area contributed by atoms with Crippen LogP contribution in [0.25, 0.3) is 22.3 Å². The molecule has 178 valence electrons. The number of phenols is 2. The molecule has 0 bridgehead atoms. The molecule has 0 spiro atoms. The van der Waals surface area contributed by atoms with Crippen molar-refractivity contribution in [3.63, 3.8) is 0 Å². The second kappa shape index (κ2) is 10.7. The fourth-order valence-corrected chi connectivity index (χ4v) is 3.54. The summed E-state index contributed by atoms with van der Waals surface area (Å²) in [6.07, 6.45) is 1.91. The zero-order chi connectivity index (χ0) is 24.8. The summed E-state index contributed by atoms with van der Waals surface area (Å²) in [5.74, 6) is 0.404. The predicted octanol–water partition coefficient (Wildman–Crippen LogP) is 5.58. The highest BCUT2D eigenvalue weighted by Gasteiger charge is 2.27. The van der Waals surface area contributed by atoms with Gasteiger partial charge in [0.1, 0.15) is 29.4 Å². The summed E-state index contributed by atoms with van der Waals surface area (Å²) in [6, 6.07) is 13.1. The van der Waals surface area contributed by atoms with Crippen molar-refractivity contribution in [1.29, 1.82) is 0 Å². The highest BCUT2D eigenvalue weighted by Crippen LogP contribution is 2.46. The third-order valence-corrected chi connectivity index (χ3v) is 5.21. The quantitative estimate of drug-likeness (QED) is 0.332. The molecule has 3 rings (SSSR count). The van der Waals surface area contributed by atoms with Gasteiger partial charge in [-0.2, -0.15) is 0 Å². The van der Waals surface area contributed by atoms with Crippen LogP contribution in [0.5, 0.6) is 28.7 Å². The maximum Gasteiger partial charge on any atom is 0.342 e. The van der Waals surface area contributed by atoms with Crippen LogP contribution in [0.4, 0.5) is 0 Å². The highest BCUT2D eigenvalue weighted by atomic mass is 16.5. The first kappa shape index (κ1) is 24.5. The summed E-state index contributed by atoms with van der Waals surface area (Å²) < 4.78 is 22.0. The molecule has 7 nitrogen and oxygen atoms in total. The molecular formula is C27H28O7. The molecule has 0 fully saturated rings. The van der Waals surface area contributed by atoms with E-state index in [1.807, 2.05) is 19.9 Å². The van der Waals surface area contributed by atoms with Crippen molar-refractivity contribution in [1.82, 2.24) is 0 Å². The standard InChI is InChI=1S/C27H28O7/c1-16(2)12-13-34-22-11-8-18(14-21(22)29)20-15-23(31-3)24(17-6-9-19(28)10-7-17)25(26(20)32-4)27(30)33-5/h6-12,14-15,28-29H,13H2,1-5H3. The van der Waals surface area contributed by atoms with Crippen molar-refractivity contribution in [3.05, 3.63) is 65.7 Å². The largest absolute Gasteiger partial charge is 0.508 e. The Morgan fingerprint density at radius 1 is 0.882 bits per heavy atom. The Kier molecular flexibility index (Phi) is 7.68. The monoisotopic (exact) mass is 464 g/mol. The number of hydrogen-bond donors (Lipinski definition) is 2. The minimum atomic E-state index is -0.619. The molecule has 0 unspecified atom stereocenters. The summed E-state index contributed by atoms with van der Waals surface area (Å²) in [6.45, 7) is 4.26. The van der Waals surface area contributed by atoms with Gasteiger partial charge in [-0.1, -0.05) is 23.8 Å². The van der Waals surface area contributed by atoms with Gasteiger partial charge in [0.15, 0.2) is 11.5 Å². The van der Waals surface area contributed by atoms with Gasteiger partial charge in [0.25, 0.3) is 0 Å². The van der Waals surface area contributed by atoms with E-state index in [-0.39, 0.29) is 22.8 Å². The average Bonchev–Trinajstić information content (AvgIpc) is 2.83. The van der Waals surface area contributed by atoms with Gasteiger partial charge >= 0.3 is 5.97 Å². The molecule has 0 amide bonds. The molecule has 0 aliphatic rings. The molecule has 3 aromatic carbocycles. The maximum atomic E-state index is 12.9. The maximum absolute atomic E-state index is 12.9. The van der Waals surface area contributed by atoms with Crippen molar-refractivity contribution in [2.75, 3.05) is 27.9 Å². The number of rotatable bonds is 8. The van der Waals surface area contributed by atoms with Crippen molar-refractivity contribution in [3.8, 4) is 51.0 Å². The summed E-state index contributed by atoms with van der Waals surface area (Å²) in [7, 11) is 4.23. The molecule has 3 aromatic rings. The number of methoxy groups -OCH3 is 3. The summed E-state index contributed by atoms with van der Waals surface area (Å²) >= 11 is 0. The third-order valence-electron chi connectivity index (χ3n) is 5.21. The van der Waals surface area contributed by atoms with E-state index in [1.54, 1.807) is 30.3 Å². The van der Waals surface area contributed by atoms with E-state index < -0.39 is 5.97 Å². The van der Waals surface area contributed by atoms with E-state index in [4.69, 9.17) is 18.9 Å². The highest BCUT2D eigenvalue weighted by molar-refractivity contribution is 6.05. The number of ether oxygens (including phenoxy) is 4. The van der Waals surface area contributed by atoms with Crippen LogP contribution in [0.3, 0.4) is 0 Å². The number of phenolic OH excluding ortho intramolecular Hbond substituents is 2. The molecule has 0 aliphatic heterocycles. The van der Waals surface area contributed by atoms with Crippen LogP contribution in [0.1, 0.15) is 24.2 Å². The minimum absolute atomic E-state index is 0.0529. The molecule has 0 radical (unpaired) electrons. The van der Waals surface area contributed by atoms with Gasteiger partial charge in [-0.25, -0.2) is 4.79 Å². The zero-order valence-corrected chi connectivity index (χ0v) is 19.8. The van der Waals surface area contributed by atoms with Crippen LogP contribution in [0.2, 0.25) is 0 Å². The van der Waals surface area contributed by atoms with E-state index in [2.05, 4.69) is 0 Å². The first-order chi connectivity index (χ1) is 16.3. The van der Waals surface area contributed by atoms with E-state index >= 15 is 0 Å². The fraction of sp³-hybridized carbons (Fsp3) is 0.222. The molecular weight excluding hydrogens is 436 g/mol. The number of hydrogen-bond acceptors (Lipinski definition) is 7. The molecule has 34 heavy (non-hydrogen) atoms. The first-order valence-electron chi connectivity index (χ1n) is 10.6. The number of carbonyl (C=O) groups excluding carboxylic acids is 1. The minimum Gasteiger partial charge on any atom is -0.508 e. The summed E-state index contributed by atoms with van der Waals surface area (Å²) in [5, 5.41) is 20.3. The number of esters is 1. The number of aromatic hydroxyl groups is 2. The van der Waals surface area contributed by atoms with Gasteiger partial charge in [0.05, 0.1) is 21.3 Å². The first-order valence-corrected chi connectivity index (χ1v) is 10.6. The Morgan fingerprint density at radius 3 is 2.12 bits per heavy atom. The second-order valence-corrected chi connectivity index (χ2v) is 7.72. The Labute approximate surface area is 198 Å². The lowest BCUT2D eigenvalue weighted by Crippen LogP contribution is -2.09. The van der Waals surface area contributed by atoms with Gasteiger partial charge in [-0.15, -0.1) is 0 Å². The Balaban J connectivity index is 2.21. The lowest BCUT2D eigenvalue weighted by atomic mass is 9.92. The van der Waals surface area contributed by atoms with E-state index in [0.717, 1.165) is 5.57 Å². The van der Waals surface area contributed by atoms with Crippen LogP contribution < -0.4 is 14.2 Å². The van der Waals surface area contributed by atoms with Crippen LogP contribution in [0.15, 0.2) is 60.2 Å². The predicted molar refractivity (Wildman–Crippen MR) is 130 cm³/mol. The van der Waals surface area contributed by atoms with Crippen molar-refractivity contribution in [2.45, 2.75) is 13.8 Å². The average molecular weight is 465 g/mol. The van der Waals surface area contributed by atoms with Crippen molar-refractivity contribution in [2.24, 2.45) is 0 Å². The van der Waals surface area contributed by atoms with Crippen molar-refractivity contribution >= 4 is 5.97 Å². The smallest absolute Gasteiger partial charge is 0.342 e. The normalized spacial score (nSPS) is 10.4. The Morgan fingerprint density at radius 2 is 1.56 bits per heavy atom. The third kappa shape index (κ3) is 5.09. The van der Waals surface area contributed by atoms with E-state index in [0.29, 0.717) is 40.4 Å². The molecule has 0 saturated heterocycles. The summed E-state index contributed by atoms with van der Waals surface area (Å²) in [4.78, 5) is 12.9. The number of allylic oxidation sites excluding steroid dienone is 1. The van der Waals surface area contributed by atoms with Gasteiger partial charge in [-0.05, 0) is 61.4 Å². The lowest BCUT2D eigenvalue weighted by molar-refractivity contribution is 0.0597. The molecule has 0 saturated carbocycles. The second-order valence-electron chi connectivity index (χ2n) is 7.72. The molecule has 7 heteroatoms. The van der Waals surface area contributed by atoms with Gasteiger partial charge in [-0.3, -0.25) is 0 Å². The number of benzene rings is 3. The Hall–Kier alpha value is -4.13. The van der Waals surface area contributed by atoms with E-state index in [9.17, 15) is 15.0 Å². The Bertz CT molecular complexity index is 1210. The van der Waals surface area contributed by atoms with Crippen LogP contribution in [-0.2, 0) is 4.74 Å². The van der Waals surface area contributed by atoms with Gasteiger partial charge in [0.2, 0.25) is 0 Å². The van der Waals surface area contributed by atoms with Gasteiger partial charge in [0, 0.05) is 11.1 Å². The van der Waals surface area contributed by atoms with Crippen molar-refractivity contribution < 1.29 is 34.0 Å². The summed E-state index contributed by atoms with van der Waals surface area (Å²) in [5.41, 5.74) is 3.47. The van der Waals surface area contributed by atoms with E-state index in [1.165, 1.54) is 39.5 Å². The fourth-order valence-electron chi connectivity index (χ4n) is 3.54.